The number of rotatable bonds is 2. The fourth-order valence-corrected chi connectivity index (χ4v) is 3.82. The third-order valence-corrected chi connectivity index (χ3v) is 5.63. The summed E-state index contributed by atoms with van der Waals surface area (Å²) >= 11 is 7.61. The van der Waals surface area contributed by atoms with Crippen LogP contribution in [0.5, 0.6) is 0 Å². The van der Waals surface area contributed by atoms with Crippen LogP contribution in [0, 0.1) is 10.5 Å². The molecule has 0 aliphatic carbocycles. The average Bonchev–Trinajstić information content (AvgIpc) is 2.59. The summed E-state index contributed by atoms with van der Waals surface area (Å²) in [5, 5.41) is 0. The molecule has 2 N–H and O–H groups in total. The molecule has 1 nitrogen and oxygen atoms in total. The molecule has 0 fully saturated rings. The summed E-state index contributed by atoms with van der Waals surface area (Å²) in [6.07, 6.45) is 0. The second-order valence-corrected chi connectivity index (χ2v) is 6.86. The molecule has 0 spiro atoms. The first-order valence-electron chi connectivity index (χ1n) is 4.85. The molecule has 0 amide bonds. The molecule has 16 heavy (non-hydrogen) atoms. The standard InChI is InChI=1S/C12H11BrINS/c1-7-9(13)6-11(16-7)12(15)8-4-2-3-5-10(8)14/h2-6,12H,15H2,1H3. The van der Waals surface area contributed by atoms with E-state index in [9.17, 15) is 0 Å². The van der Waals surface area contributed by atoms with Gasteiger partial charge >= 0.3 is 0 Å². The molecule has 1 aromatic carbocycles. The largest absolute Gasteiger partial charge is 0.320 e. The minimum Gasteiger partial charge on any atom is -0.320 e. The van der Waals surface area contributed by atoms with Crippen molar-refractivity contribution in [2.45, 2.75) is 13.0 Å². The van der Waals surface area contributed by atoms with Gasteiger partial charge in [-0.05, 0) is 63.1 Å². The van der Waals surface area contributed by atoms with E-state index >= 15 is 0 Å². The fraction of sp³-hybridized carbons (Fsp3) is 0.167. The van der Waals surface area contributed by atoms with Gasteiger partial charge in [-0.15, -0.1) is 11.3 Å². The Morgan fingerprint density at radius 2 is 2.06 bits per heavy atom. The molecule has 0 saturated heterocycles. The van der Waals surface area contributed by atoms with Gasteiger partial charge in [0.05, 0.1) is 6.04 Å². The molecular formula is C12H11BrINS. The Bertz CT molecular complexity index is 490. The Kier molecular flexibility index (Phi) is 4.05. The summed E-state index contributed by atoms with van der Waals surface area (Å²) in [7, 11) is 0. The normalized spacial score (nSPS) is 12.8. The van der Waals surface area contributed by atoms with Crippen molar-refractivity contribution in [1.29, 1.82) is 0 Å². The SMILES string of the molecule is Cc1sc(C(N)c2ccccc2I)cc1Br. The molecule has 1 heterocycles. The lowest BCUT2D eigenvalue weighted by atomic mass is 10.1. The van der Waals surface area contributed by atoms with E-state index in [0.29, 0.717) is 0 Å². The summed E-state index contributed by atoms with van der Waals surface area (Å²) in [4.78, 5) is 2.48. The van der Waals surface area contributed by atoms with Gasteiger partial charge in [-0.2, -0.15) is 0 Å². The highest BCUT2D eigenvalue weighted by atomic mass is 127. The second kappa shape index (κ2) is 5.16. The lowest BCUT2D eigenvalue weighted by Gasteiger charge is -2.11. The molecule has 0 radical (unpaired) electrons. The van der Waals surface area contributed by atoms with Crippen molar-refractivity contribution < 1.29 is 0 Å². The Morgan fingerprint density at radius 1 is 1.38 bits per heavy atom. The molecule has 1 unspecified atom stereocenters. The molecular weight excluding hydrogens is 397 g/mol. The van der Waals surface area contributed by atoms with E-state index < -0.39 is 0 Å². The summed E-state index contributed by atoms with van der Waals surface area (Å²) in [6.45, 7) is 2.10. The van der Waals surface area contributed by atoms with Crippen LogP contribution in [0.2, 0.25) is 0 Å². The van der Waals surface area contributed by atoms with Crippen LogP contribution in [0.4, 0.5) is 0 Å². The summed E-state index contributed by atoms with van der Waals surface area (Å²) in [6, 6.07) is 10.3. The summed E-state index contributed by atoms with van der Waals surface area (Å²) < 4.78 is 2.36. The van der Waals surface area contributed by atoms with Crippen molar-refractivity contribution in [3.8, 4) is 0 Å². The highest BCUT2D eigenvalue weighted by Crippen LogP contribution is 2.33. The van der Waals surface area contributed by atoms with Gasteiger partial charge in [-0.3, -0.25) is 0 Å². The van der Waals surface area contributed by atoms with E-state index in [2.05, 4.69) is 63.6 Å². The maximum atomic E-state index is 6.28. The van der Waals surface area contributed by atoms with Gasteiger partial charge in [0.1, 0.15) is 0 Å². The Hall–Kier alpha value is 0.0900. The number of nitrogens with two attached hydrogens (primary N) is 1. The molecule has 1 atom stereocenters. The third-order valence-electron chi connectivity index (χ3n) is 2.42. The van der Waals surface area contributed by atoms with E-state index in [0.717, 1.165) is 4.47 Å². The maximum Gasteiger partial charge on any atom is 0.0656 e. The topological polar surface area (TPSA) is 26.0 Å². The van der Waals surface area contributed by atoms with E-state index in [1.807, 2.05) is 12.1 Å². The fourth-order valence-electron chi connectivity index (χ4n) is 1.52. The quantitative estimate of drug-likeness (QED) is 0.730. The average molecular weight is 408 g/mol. The number of aryl methyl sites for hydroxylation is 1. The molecule has 0 bridgehead atoms. The van der Waals surface area contributed by atoms with Gasteiger partial charge in [0.25, 0.3) is 0 Å². The van der Waals surface area contributed by atoms with E-state index in [-0.39, 0.29) is 6.04 Å². The molecule has 0 aliphatic heterocycles. The van der Waals surface area contributed by atoms with Gasteiger partial charge in [-0.1, -0.05) is 18.2 Å². The monoisotopic (exact) mass is 407 g/mol. The lowest BCUT2D eigenvalue weighted by molar-refractivity contribution is 0.886. The first kappa shape index (κ1) is 12.5. The molecule has 1 aromatic heterocycles. The van der Waals surface area contributed by atoms with Gasteiger partial charge in [0, 0.05) is 17.8 Å². The minimum absolute atomic E-state index is 0.0249. The molecule has 2 aromatic rings. The van der Waals surface area contributed by atoms with Crippen LogP contribution in [-0.2, 0) is 0 Å². The van der Waals surface area contributed by atoms with Gasteiger partial charge < -0.3 is 5.73 Å². The van der Waals surface area contributed by atoms with Crippen LogP contribution < -0.4 is 5.73 Å². The zero-order valence-corrected chi connectivity index (χ0v) is 13.3. The Labute approximate surface area is 121 Å². The van der Waals surface area contributed by atoms with Crippen molar-refractivity contribution in [2.75, 3.05) is 0 Å². The van der Waals surface area contributed by atoms with E-state index in [4.69, 9.17) is 5.73 Å². The summed E-state index contributed by atoms with van der Waals surface area (Å²) in [5.41, 5.74) is 7.48. The van der Waals surface area contributed by atoms with Crippen molar-refractivity contribution in [3.63, 3.8) is 0 Å². The van der Waals surface area contributed by atoms with Gasteiger partial charge in [0.2, 0.25) is 0 Å². The smallest absolute Gasteiger partial charge is 0.0656 e. The van der Waals surface area contributed by atoms with E-state index in [1.54, 1.807) is 11.3 Å². The zero-order valence-electron chi connectivity index (χ0n) is 8.71. The number of halogens is 2. The van der Waals surface area contributed by atoms with Crippen LogP contribution in [0.25, 0.3) is 0 Å². The summed E-state index contributed by atoms with van der Waals surface area (Å²) in [5.74, 6) is 0. The van der Waals surface area contributed by atoms with Crippen molar-refractivity contribution in [2.24, 2.45) is 5.73 Å². The number of hydrogen-bond donors (Lipinski definition) is 1. The minimum atomic E-state index is -0.0249. The van der Waals surface area contributed by atoms with Gasteiger partial charge in [-0.25, -0.2) is 0 Å². The predicted molar refractivity (Wildman–Crippen MR) is 81.9 cm³/mol. The highest BCUT2D eigenvalue weighted by Gasteiger charge is 2.14. The van der Waals surface area contributed by atoms with Crippen molar-refractivity contribution >= 4 is 49.9 Å². The Morgan fingerprint density at radius 3 is 2.62 bits per heavy atom. The first-order chi connectivity index (χ1) is 7.59. The molecule has 0 aliphatic rings. The molecule has 4 heteroatoms. The van der Waals surface area contributed by atoms with Crippen LogP contribution in [-0.4, -0.2) is 0 Å². The van der Waals surface area contributed by atoms with Crippen LogP contribution in [0.3, 0.4) is 0 Å². The van der Waals surface area contributed by atoms with E-state index in [1.165, 1.54) is 18.9 Å². The Balaban J connectivity index is 2.39. The number of thiophene rings is 1. The zero-order chi connectivity index (χ0) is 11.7. The van der Waals surface area contributed by atoms with Crippen LogP contribution >= 0.6 is 49.9 Å². The highest BCUT2D eigenvalue weighted by molar-refractivity contribution is 14.1. The maximum absolute atomic E-state index is 6.28. The van der Waals surface area contributed by atoms with Crippen LogP contribution in [0.15, 0.2) is 34.8 Å². The van der Waals surface area contributed by atoms with Crippen LogP contribution in [0.1, 0.15) is 21.4 Å². The predicted octanol–water partition coefficient (Wildman–Crippen LogP) is 4.47. The molecule has 0 saturated carbocycles. The van der Waals surface area contributed by atoms with Crippen molar-refractivity contribution in [1.82, 2.24) is 0 Å². The third kappa shape index (κ3) is 2.50. The molecule has 84 valence electrons. The first-order valence-corrected chi connectivity index (χ1v) is 7.54. The number of hydrogen-bond acceptors (Lipinski definition) is 2. The second-order valence-electron chi connectivity index (χ2n) is 3.55. The van der Waals surface area contributed by atoms with Gasteiger partial charge in [0.15, 0.2) is 0 Å². The van der Waals surface area contributed by atoms with Crippen molar-refractivity contribution in [3.05, 3.63) is 53.7 Å². The lowest BCUT2D eigenvalue weighted by Crippen LogP contribution is -2.11. The number of benzene rings is 1. The molecule has 2 rings (SSSR count).